The van der Waals surface area contributed by atoms with Crippen molar-refractivity contribution in [3.8, 4) is 0 Å². The normalized spacial score (nSPS) is 14.4. The molecule has 1 rings (SSSR count). The Hall–Kier alpha value is -1.15. The summed E-state index contributed by atoms with van der Waals surface area (Å²) < 4.78 is 5.79. The molecule has 0 N–H and O–H groups in total. The molecule has 0 amide bonds. The molecule has 0 spiro atoms. The van der Waals surface area contributed by atoms with Gasteiger partial charge in [-0.05, 0) is 11.5 Å². The Balaban J connectivity index is 2.46. The quantitative estimate of drug-likeness (QED) is 0.659. The van der Waals surface area contributed by atoms with Crippen LogP contribution in [0.3, 0.4) is 0 Å². The first-order valence-electron chi connectivity index (χ1n) is 5.87. The van der Waals surface area contributed by atoms with Crippen molar-refractivity contribution in [2.45, 2.75) is 39.4 Å². The molecule has 2 atom stereocenters. The summed E-state index contributed by atoms with van der Waals surface area (Å²) >= 11 is 0. The molecule has 0 aliphatic rings. The van der Waals surface area contributed by atoms with E-state index in [-0.39, 0.29) is 6.10 Å². The van der Waals surface area contributed by atoms with Crippen molar-refractivity contribution in [1.29, 1.82) is 0 Å². The van der Waals surface area contributed by atoms with Crippen LogP contribution >= 0.6 is 0 Å². The molecule has 2 heteroatoms. The highest BCUT2D eigenvalue weighted by Crippen LogP contribution is 2.16. The molecule has 0 saturated heterocycles. The lowest BCUT2D eigenvalue weighted by Crippen LogP contribution is -2.21. The highest BCUT2D eigenvalue weighted by molar-refractivity contribution is 5.50. The van der Waals surface area contributed by atoms with Crippen LogP contribution in [0.15, 0.2) is 30.3 Å². The van der Waals surface area contributed by atoms with E-state index in [4.69, 9.17) is 4.74 Å². The maximum absolute atomic E-state index is 10.6. The maximum Gasteiger partial charge on any atom is 0.122 e. The summed E-state index contributed by atoms with van der Waals surface area (Å²) in [7, 11) is 0. The van der Waals surface area contributed by atoms with Gasteiger partial charge in [0.25, 0.3) is 0 Å². The first-order chi connectivity index (χ1) is 7.77. The minimum absolute atomic E-state index is 0.0442. The van der Waals surface area contributed by atoms with Gasteiger partial charge >= 0.3 is 0 Å². The lowest BCUT2D eigenvalue weighted by atomic mass is 9.99. The molecule has 0 aliphatic carbocycles. The van der Waals surface area contributed by atoms with Gasteiger partial charge in [0.1, 0.15) is 6.29 Å². The average molecular weight is 220 g/mol. The van der Waals surface area contributed by atoms with Crippen LogP contribution in [0.5, 0.6) is 0 Å². The fourth-order valence-corrected chi connectivity index (χ4v) is 1.60. The smallest absolute Gasteiger partial charge is 0.122 e. The molecular weight excluding hydrogens is 200 g/mol. The molecule has 0 bridgehead atoms. The minimum Gasteiger partial charge on any atom is -0.373 e. The zero-order valence-corrected chi connectivity index (χ0v) is 10.1. The number of hydrogen-bond acceptors (Lipinski definition) is 2. The summed E-state index contributed by atoms with van der Waals surface area (Å²) in [5.74, 6) is 0.425. The van der Waals surface area contributed by atoms with Crippen LogP contribution < -0.4 is 0 Å². The third-order valence-corrected chi connectivity index (χ3v) is 2.91. The van der Waals surface area contributed by atoms with Gasteiger partial charge in [0.2, 0.25) is 0 Å². The van der Waals surface area contributed by atoms with Crippen LogP contribution in [0.4, 0.5) is 0 Å². The van der Waals surface area contributed by atoms with Crippen molar-refractivity contribution in [3.63, 3.8) is 0 Å². The van der Waals surface area contributed by atoms with E-state index in [1.807, 2.05) is 30.3 Å². The molecule has 0 heterocycles. The van der Waals surface area contributed by atoms with Crippen LogP contribution in [-0.4, -0.2) is 12.4 Å². The lowest BCUT2D eigenvalue weighted by Gasteiger charge is -2.21. The van der Waals surface area contributed by atoms with Crippen molar-refractivity contribution in [2.24, 2.45) is 5.92 Å². The van der Waals surface area contributed by atoms with Gasteiger partial charge in [-0.1, -0.05) is 50.6 Å². The largest absolute Gasteiger partial charge is 0.373 e. The van der Waals surface area contributed by atoms with Gasteiger partial charge in [0.05, 0.1) is 12.7 Å². The second-order valence-corrected chi connectivity index (χ2v) is 4.12. The van der Waals surface area contributed by atoms with Crippen molar-refractivity contribution < 1.29 is 9.53 Å². The molecule has 1 aromatic carbocycles. The molecule has 1 unspecified atom stereocenters. The minimum atomic E-state index is 0.0442. The zero-order chi connectivity index (χ0) is 11.8. The summed E-state index contributed by atoms with van der Waals surface area (Å²) in [5, 5.41) is 0. The van der Waals surface area contributed by atoms with E-state index >= 15 is 0 Å². The Morgan fingerprint density at radius 3 is 2.56 bits per heavy atom. The van der Waals surface area contributed by atoms with Gasteiger partial charge in [-0.2, -0.15) is 0 Å². The van der Waals surface area contributed by atoms with Crippen LogP contribution in [0.1, 0.15) is 32.3 Å². The van der Waals surface area contributed by atoms with E-state index in [0.717, 1.165) is 18.3 Å². The van der Waals surface area contributed by atoms with Crippen molar-refractivity contribution in [1.82, 2.24) is 0 Å². The second-order valence-electron chi connectivity index (χ2n) is 4.12. The van der Waals surface area contributed by atoms with E-state index < -0.39 is 0 Å². The number of rotatable bonds is 7. The molecule has 0 radical (unpaired) electrons. The van der Waals surface area contributed by atoms with Crippen LogP contribution in [0, 0.1) is 5.92 Å². The standard InChI is InChI=1S/C14H20O2/c1-3-12(2)14(9-10-15)16-11-13-7-5-4-6-8-13/h4-8,10,12,14H,3,9,11H2,1-2H3/t12?,14-/m0/s1. The highest BCUT2D eigenvalue weighted by Gasteiger charge is 2.15. The zero-order valence-electron chi connectivity index (χ0n) is 10.1. The summed E-state index contributed by atoms with van der Waals surface area (Å²) in [6, 6.07) is 10.1. The summed E-state index contributed by atoms with van der Waals surface area (Å²) in [6.45, 7) is 4.83. The molecular formula is C14H20O2. The summed E-state index contributed by atoms with van der Waals surface area (Å²) in [4.78, 5) is 10.6. The van der Waals surface area contributed by atoms with E-state index in [1.165, 1.54) is 0 Å². The number of hydrogen-bond donors (Lipinski definition) is 0. The SMILES string of the molecule is CCC(C)[C@H](CC=O)OCc1ccccc1. The van der Waals surface area contributed by atoms with E-state index in [0.29, 0.717) is 18.9 Å². The topological polar surface area (TPSA) is 26.3 Å². The lowest BCUT2D eigenvalue weighted by molar-refractivity contribution is -0.111. The fraction of sp³-hybridized carbons (Fsp3) is 0.500. The molecule has 0 aliphatic heterocycles. The van der Waals surface area contributed by atoms with Gasteiger partial charge < -0.3 is 9.53 Å². The average Bonchev–Trinajstić information content (AvgIpc) is 2.34. The van der Waals surface area contributed by atoms with Gasteiger partial charge in [-0.3, -0.25) is 0 Å². The monoisotopic (exact) mass is 220 g/mol. The van der Waals surface area contributed by atoms with Gasteiger partial charge in [0, 0.05) is 6.42 Å². The van der Waals surface area contributed by atoms with E-state index in [2.05, 4.69) is 13.8 Å². The number of benzene rings is 1. The van der Waals surface area contributed by atoms with Gasteiger partial charge in [-0.15, -0.1) is 0 Å². The summed E-state index contributed by atoms with van der Waals surface area (Å²) in [6.07, 6.45) is 2.51. The first-order valence-corrected chi connectivity index (χ1v) is 5.87. The van der Waals surface area contributed by atoms with E-state index in [9.17, 15) is 4.79 Å². The van der Waals surface area contributed by atoms with Crippen molar-refractivity contribution in [3.05, 3.63) is 35.9 Å². The molecule has 88 valence electrons. The molecule has 1 aromatic rings. The van der Waals surface area contributed by atoms with Crippen molar-refractivity contribution >= 4 is 6.29 Å². The van der Waals surface area contributed by atoms with Crippen molar-refractivity contribution in [2.75, 3.05) is 0 Å². The Bertz CT molecular complexity index is 295. The molecule has 16 heavy (non-hydrogen) atoms. The van der Waals surface area contributed by atoms with Crippen LogP contribution in [0.25, 0.3) is 0 Å². The number of carbonyl (C=O) groups excluding carboxylic acids is 1. The molecule has 0 saturated carbocycles. The Labute approximate surface area is 97.6 Å². The first kappa shape index (κ1) is 12.9. The fourth-order valence-electron chi connectivity index (χ4n) is 1.60. The Morgan fingerprint density at radius 2 is 2.00 bits per heavy atom. The van der Waals surface area contributed by atoms with Crippen LogP contribution in [-0.2, 0) is 16.1 Å². The van der Waals surface area contributed by atoms with Gasteiger partial charge in [-0.25, -0.2) is 0 Å². The molecule has 2 nitrogen and oxygen atoms in total. The van der Waals surface area contributed by atoms with Crippen LogP contribution in [0.2, 0.25) is 0 Å². The third-order valence-electron chi connectivity index (χ3n) is 2.91. The summed E-state index contributed by atoms with van der Waals surface area (Å²) in [5.41, 5.74) is 1.15. The van der Waals surface area contributed by atoms with Gasteiger partial charge in [0.15, 0.2) is 0 Å². The number of ether oxygens (including phenoxy) is 1. The number of carbonyl (C=O) groups is 1. The maximum atomic E-state index is 10.6. The Kier molecular flexibility index (Phi) is 5.79. The molecule has 0 aromatic heterocycles. The third kappa shape index (κ3) is 4.15. The highest BCUT2D eigenvalue weighted by atomic mass is 16.5. The predicted molar refractivity (Wildman–Crippen MR) is 65.2 cm³/mol. The molecule has 0 fully saturated rings. The predicted octanol–water partition coefficient (Wildman–Crippen LogP) is 3.21. The second kappa shape index (κ2) is 7.18. The van der Waals surface area contributed by atoms with E-state index in [1.54, 1.807) is 0 Å². The Morgan fingerprint density at radius 1 is 1.31 bits per heavy atom. The number of aldehydes is 1.